The van der Waals surface area contributed by atoms with Crippen molar-refractivity contribution >= 4 is 11.6 Å². The van der Waals surface area contributed by atoms with E-state index >= 15 is 0 Å². The maximum atomic E-state index is 12.3. The summed E-state index contributed by atoms with van der Waals surface area (Å²) in [6.45, 7) is -1.53. The molecule has 0 unspecified atom stereocenters. The molecule has 10 heteroatoms. The van der Waals surface area contributed by atoms with Gasteiger partial charge in [0.15, 0.2) is 6.61 Å². The monoisotopic (exact) mass is 363 g/mol. The Hall–Kier alpha value is -3.43. The van der Waals surface area contributed by atoms with Crippen LogP contribution < -0.4 is 10.1 Å². The van der Waals surface area contributed by atoms with E-state index in [-0.39, 0.29) is 11.4 Å². The molecule has 26 heavy (non-hydrogen) atoms. The minimum atomic E-state index is -4.53. The summed E-state index contributed by atoms with van der Waals surface area (Å²) in [5.41, 5.74) is 1.08. The summed E-state index contributed by atoms with van der Waals surface area (Å²) < 4.78 is 43.1. The van der Waals surface area contributed by atoms with E-state index < -0.39 is 18.7 Å². The van der Waals surface area contributed by atoms with Crippen LogP contribution in [-0.4, -0.2) is 38.4 Å². The van der Waals surface area contributed by atoms with Crippen LogP contribution in [0.25, 0.3) is 5.69 Å². The summed E-state index contributed by atoms with van der Waals surface area (Å²) >= 11 is 0. The van der Waals surface area contributed by atoms with Gasteiger partial charge in [0, 0.05) is 11.9 Å². The number of ether oxygens (including phenoxy) is 1. The number of alkyl halides is 3. The zero-order valence-electron chi connectivity index (χ0n) is 13.1. The largest absolute Gasteiger partial charge is 0.467 e. The number of hydrogen-bond acceptors (Lipinski definition) is 5. The number of nitrogens with zero attached hydrogens (tertiary/aromatic N) is 4. The van der Waals surface area contributed by atoms with Crippen LogP contribution in [0.2, 0.25) is 0 Å². The third-order valence-corrected chi connectivity index (χ3v) is 3.20. The van der Waals surface area contributed by atoms with Gasteiger partial charge in [0.05, 0.1) is 5.69 Å². The van der Waals surface area contributed by atoms with Gasteiger partial charge in [-0.1, -0.05) is 0 Å². The Morgan fingerprint density at radius 3 is 2.62 bits per heavy atom. The molecular formula is C16H12F3N5O2. The van der Waals surface area contributed by atoms with Gasteiger partial charge >= 0.3 is 6.18 Å². The first kappa shape index (κ1) is 17.4. The highest BCUT2D eigenvalue weighted by atomic mass is 19.4. The lowest BCUT2D eigenvalue weighted by atomic mass is 10.2. The molecule has 2 heterocycles. The fourth-order valence-corrected chi connectivity index (χ4v) is 2.07. The molecule has 134 valence electrons. The molecule has 1 amide bonds. The highest BCUT2D eigenvalue weighted by Gasteiger charge is 2.29. The number of amides is 1. The number of nitrogens with one attached hydrogen (secondary N) is 1. The SMILES string of the molecule is O=C(Nc1ccc(-n2cncn2)cc1)c1cccnc1OCC(F)(F)F. The van der Waals surface area contributed by atoms with Crippen LogP contribution >= 0.6 is 0 Å². The summed E-state index contributed by atoms with van der Waals surface area (Å²) in [6.07, 6.45) is -0.369. The van der Waals surface area contributed by atoms with E-state index in [0.717, 1.165) is 5.69 Å². The molecule has 7 nitrogen and oxygen atoms in total. The van der Waals surface area contributed by atoms with E-state index in [9.17, 15) is 18.0 Å². The number of hydrogen-bond donors (Lipinski definition) is 1. The van der Waals surface area contributed by atoms with Crippen molar-refractivity contribution < 1.29 is 22.7 Å². The number of aromatic nitrogens is 4. The fraction of sp³-hybridized carbons (Fsp3) is 0.125. The predicted molar refractivity (Wildman–Crippen MR) is 85.1 cm³/mol. The Morgan fingerprint density at radius 1 is 1.19 bits per heavy atom. The molecule has 0 atom stereocenters. The van der Waals surface area contributed by atoms with Crippen LogP contribution in [0.3, 0.4) is 0 Å². The van der Waals surface area contributed by atoms with Crippen LogP contribution in [0, 0.1) is 0 Å². The van der Waals surface area contributed by atoms with E-state index in [2.05, 4.69) is 25.1 Å². The average Bonchev–Trinajstić information content (AvgIpc) is 3.15. The van der Waals surface area contributed by atoms with Crippen molar-refractivity contribution in [1.29, 1.82) is 0 Å². The zero-order valence-corrected chi connectivity index (χ0v) is 13.1. The summed E-state index contributed by atoms with van der Waals surface area (Å²) in [4.78, 5) is 19.9. The Morgan fingerprint density at radius 2 is 1.96 bits per heavy atom. The standard InChI is InChI=1S/C16H12F3N5O2/c17-16(18,19)8-26-15-13(2-1-7-21-15)14(25)23-11-3-5-12(6-4-11)24-10-20-9-22-24/h1-7,9-10H,8H2,(H,23,25). The van der Waals surface area contributed by atoms with Gasteiger partial charge in [-0.15, -0.1) is 0 Å². The van der Waals surface area contributed by atoms with Gasteiger partial charge in [-0.2, -0.15) is 18.3 Å². The van der Waals surface area contributed by atoms with Crippen LogP contribution in [0.1, 0.15) is 10.4 Å². The molecule has 3 aromatic rings. The molecular weight excluding hydrogens is 351 g/mol. The second-order valence-electron chi connectivity index (χ2n) is 5.10. The first-order valence-electron chi connectivity index (χ1n) is 7.33. The zero-order chi connectivity index (χ0) is 18.6. The number of benzene rings is 1. The lowest BCUT2D eigenvalue weighted by Gasteiger charge is -2.12. The van der Waals surface area contributed by atoms with Crippen LogP contribution in [0.4, 0.5) is 18.9 Å². The molecule has 0 bridgehead atoms. The molecule has 0 saturated heterocycles. The Kier molecular flexibility index (Phi) is 4.83. The molecule has 0 aliphatic heterocycles. The lowest BCUT2D eigenvalue weighted by molar-refractivity contribution is -0.154. The van der Waals surface area contributed by atoms with E-state index in [1.807, 2.05) is 0 Å². The van der Waals surface area contributed by atoms with E-state index in [1.165, 1.54) is 35.7 Å². The molecule has 1 N–H and O–H groups in total. The van der Waals surface area contributed by atoms with Gasteiger partial charge in [0.25, 0.3) is 5.91 Å². The topological polar surface area (TPSA) is 81.9 Å². The van der Waals surface area contributed by atoms with Crippen molar-refractivity contribution in [1.82, 2.24) is 19.7 Å². The molecule has 0 saturated carbocycles. The summed E-state index contributed by atoms with van der Waals surface area (Å²) in [6, 6.07) is 9.42. The van der Waals surface area contributed by atoms with E-state index in [0.29, 0.717) is 5.69 Å². The second kappa shape index (κ2) is 7.21. The van der Waals surface area contributed by atoms with Crippen molar-refractivity contribution in [3.63, 3.8) is 0 Å². The molecule has 1 aromatic carbocycles. The minimum Gasteiger partial charge on any atom is -0.467 e. The number of pyridine rings is 1. The van der Waals surface area contributed by atoms with Gasteiger partial charge < -0.3 is 10.1 Å². The molecule has 0 spiro atoms. The smallest absolute Gasteiger partial charge is 0.422 e. The quantitative estimate of drug-likeness (QED) is 0.754. The van der Waals surface area contributed by atoms with Gasteiger partial charge in [0.1, 0.15) is 18.2 Å². The Bertz CT molecular complexity index is 880. The summed E-state index contributed by atoms with van der Waals surface area (Å²) in [7, 11) is 0. The second-order valence-corrected chi connectivity index (χ2v) is 5.10. The van der Waals surface area contributed by atoms with Crippen LogP contribution in [0.15, 0.2) is 55.2 Å². The first-order valence-corrected chi connectivity index (χ1v) is 7.33. The summed E-state index contributed by atoms with van der Waals surface area (Å²) in [5, 5.41) is 6.56. The average molecular weight is 363 g/mol. The third kappa shape index (κ3) is 4.35. The molecule has 0 aliphatic carbocycles. The highest BCUT2D eigenvalue weighted by Crippen LogP contribution is 2.21. The first-order chi connectivity index (χ1) is 12.4. The van der Waals surface area contributed by atoms with E-state index in [1.54, 1.807) is 24.3 Å². The predicted octanol–water partition coefficient (Wildman–Crippen LogP) is 2.86. The number of rotatable bonds is 5. The van der Waals surface area contributed by atoms with Gasteiger partial charge in [-0.25, -0.2) is 14.6 Å². The van der Waals surface area contributed by atoms with Crippen molar-refractivity contribution in [2.45, 2.75) is 6.18 Å². The van der Waals surface area contributed by atoms with Crippen molar-refractivity contribution in [2.24, 2.45) is 0 Å². The number of halogens is 3. The van der Waals surface area contributed by atoms with E-state index in [4.69, 9.17) is 0 Å². The minimum absolute atomic E-state index is 0.0999. The van der Waals surface area contributed by atoms with Crippen LogP contribution in [-0.2, 0) is 0 Å². The van der Waals surface area contributed by atoms with Crippen molar-refractivity contribution in [3.05, 3.63) is 60.8 Å². The molecule has 0 fully saturated rings. The lowest BCUT2D eigenvalue weighted by Crippen LogP contribution is -2.22. The van der Waals surface area contributed by atoms with Gasteiger partial charge in [-0.05, 0) is 36.4 Å². The van der Waals surface area contributed by atoms with Gasteiger partial charge in [-0.3, -0.25) is 4.79 Å². The Balaban J connectivity index is 1.72. The number of anilines is 1. The fourth-order valence-electron chi connectivity index (χ4n) is 2.07. The molecule has 0 aliphatic rings. The normalized spacial score (nSPS) is 11.2. The summed E-state index contributed by atoms with van der Waals surface area (Å²) in [5.74, 6) is -1.02. The third-order valence-electron chi connectivity index (χ3n) is 3.20. The van der Waals surface area contributed by atoms with Gasteiger partial charge in [0.2, 0.25) is 5.88 Å². The Labute approximate surface area is 145 Å². The molecule has 0 radical (unpaired) electrons. The maximum absolute atomic E-state index is 12.3. The van der Waals surface area contributed by atoms with Crippen LogP contribution in [0.5, 0.6) is 5.88 Å². The number of carbonyl (C=O) groups is 1. The molecule has 3 rings (SSSR count). The molecule has 2 aromatic heterocycles. The van der Waals surface area contributed by atoms with Crippen molar-refractivity contribution in [2.75, 3.05) is 11.9 Å². The highest BCUT2D eigenvalue weighted by molar-refractivity contribution is 6.05. The maximum Gasteiger partial charge on any atom is 0.422 e. The van der Waals surface area contributed by atoms with Crippen molar-refractivity contribution in [3.8, 4) is 11.6 Å². The number of carbonyl (C=O) groups excluding carboxylic acids is 1.